The molecule has 36 heavy (non-hydrogen) atoms. The van der Waals surface area contributed by atoms with Crippen LogP contribution in [-0.2, 0) is 19.9 Å². The monoisotopic (exact) mass is 478 g/mol. The average Bonchev–Trinajstić information content (AvgIpc) is 3.38. The van der Waals surface area contributed by atoms with Crippen LogP contribution >= 0.6 is 0 Å². The summed E-state index contributed by atoms with van der Waals surface area (Å²) in [6.45, 7) is 3.86. The maximum absolute atomic E-state index is 14.7. The van der Waals surface area contributed by atoms with Crippen LogP contribution in [0.25, 0.3) is 44.3 Å². The number of aromatic nitrogens is 1. The van der Waals surface area contributed by atoms with E-state index >= 15 is 0 Å². The van der Waals surface area contributed by atoms with Crippen molar-refractivity contribution in [3.8, 4) is 28.5 Å². The van der Waals surface area contributed by atoms with Crippen molar-refractivity contribution >= 4 is 21.9 Å². The fourth-order valence-corrected chi connectivity index (χ4v) is 5.78. The molecule has 0 atom stereocenters. The highest BCUT2D eigenvalue weighted by Gasteiger charge is 2.29. The number of fused-ring (bicyclic) bond motifs is 4. The molecule has 0 saturated carbocycles. The molecule has 4 heteroatoms. The van der Waals surface area contributed by atoms with E-state index in [0.29, 0.717) is 28.0 Å². The lowest BCUT2D eigenvalue weighted by molar-refractivity contribution is -0.662. The number of aryl methyl sites for hydroxylation is 3. The number of rotatable bonds is 2. The molecule has 1 aliphatic carbocycles. The van der Waals surface area contributed by atoms with Crippen LogP contribution in [0.4, 0.5) is 4.39 Å². The number of benzene rings is 3. The second kappa shape index (κ2) is 7.77. The summed E-state index contributed by atoms with van der Waals surface area (Å²) in [4.78, 5) is 0. The molecule has 5 aromatic rings. The van der Waals surface area contributed by atoms with E-state index in [0.717, 1.165) is 40.3 Å². The molecule has 2 heterocycles. The topological polar surface area (TPSA) is 40.8 Å². The normalized spacial score (nSPS) is 15.9. The van der Waals surface area contributed by atoms with Crippen molar-refractivity contribution in [3.63, 3.8) is 0 Å². The molecule has 0 fully saturated rings. The van der Waals surface area contributed by atoms with Crippen molar-refractivity contribution < 1.29 is 17.5 Å². The SMILES string of the molecule is [2H]C([2H])([2H])c1cc(-c2c(C)ccc3c2oc2c(-c4ccc5c(c4)CC(C)(C)C5)c(C#N)ccc23)[n+](C)cc1F. The third-order valence-corrected chi connectivity index (χ3v) is 7.45. The smallest absolute Gasteiger partial charge is 0.216 e. The molecule has 0 bridgehead atoms. The van der Waals surface area contributed by atoms with Gasteiger partial charge in [-0.15, -0.1) is 0 Å². The van der Waals surface area contributed by atoms with Crippen LogP contribution in [0.2, 0.25) is 0 Å². The van der Waals surface area contributed by atoms with E-state index in [-0.39, 0.29) is 11.0 Å². The molecular weight excluding hydrogens is 447 g/mol. The van der Waals surface area contributed by atoms with Crippen molar-refractivity contribution in [2.75, 3.05) is 0 Å². The second-order valence-corrected chi connectivity index (χ2v) is 10.7. The molecule has 0 radical (unpaired) electrons. The Morgan fingerprint density at radius 1 is 0.972 bits per heavy atom. The third-order valence-electron chi connectivity index (χ3n) is 7.45. The van der Waals surface area contributed by atoms with Crippen LogP contribution in [0.1, 0.15) is 45.8 Å². The Kier molecular flexibility index (Phi) is 4.15. The first-order chi connectivity index (χ1) is 18.4. The first-order valence-electron chi connectivity index (χ1n) is 13.6. The number of pyridine rings is 1. The minimum atomic E-state index is -2.60. The van der Waals surface area contributed by atoms with Crippen LogP contribution in [0, 0.1) is 36.3 Å². The molecule has 0 aliphatic heterocycles. The van der Waals surface area contributed by atoms with Gasteiger partial charge in [-0.2, -0.15) is 9.83 Å². The number of halogens is 1. The van der Waals surface area contributed by atoms with Crippen molar-refractivity contribution in [2.24, 2.45) is 12.5 Å². The van der Waals surface area contributed by atoms with Crippen LogP contribution in [0.15, 0.2) is 59.1 Å². The number of nitriles is 1. The lowest BCUT2D eigenvalue weighted by Crippen LogP contribution is -2.31. The number of hydrogen-bond donors (Lipinski definition) is 0. The third kappa shape index (κ3) is 3.34. The van der Waals surface area contributed by atoms with E-state index < -0.39 is 12.7 Å². The summed E-state index contributed by atoms with van der Waals surface area (Å²) in [6.07, 6.45) is 3.20. The van der Waals surface area contributed by atoms with Gasteiger partial charge >= 0.3 is 0 Å². The summed E-state index contributed by atoms with van der Waals surface area (Å²) in [5.41, 5.74) is 7.96. The summed E-state index contributed by atoms with van der Waals surface area (Å²) >= 11 is 0. The lowest BCUT2D eigenvalue weighted by atomic mass is 9.90. The van der Waals surface area contributed by atoms with E-state index in [1.165, 1.54) is 23.4 Å². The average molecular weight is 479 g/mol. The molecule has 0 N–H and O–H groups in total. The van der Waals surface area contributed by atoms with Gasteiger partial charge in [0.2, 0.25) is 11.9 Å². The quantitative estimate of drug-likeness (QED) is 0.247. The lowest BCUT2D eigenvalue weighted by Gasteiger charge is -2.14. The molecule has 6 rings (SSSR count). The van der Waals surface area contributed by atoms with Crippen molar-refractivity contribution in [1.82, 2.24) is 0 Å². The van der Waals surface area contributed by atoms with Gasteiger partial charge < -0.3 is 4.42 Å². The summed E-state index contributed by atoms with van der Waals surface area (Å²) in [5, 5.41) is 11.8. The van der Waals surface area contributed by atoms with Gasteiger partial charge in [0.1, 0.15) is 18.2 Å². The zero-order valence-corrected chi connectivity index (χ0v) is 20.8. The molecule has 178 valence electrons. The van der Waals surface area contributed by atoms with Crippen molar-refractivity contribution in [2.45, 2.75) is 40.5 Å². The zero-order chi connectivity index (χ0) is 27.9. The Bertz CT molecular complexity index is 1880. The molecule has 3 nitrogen and oxygen atoms in total. The molecule has 3 aromatic carbocycles. The molecule has 0 spiro atoms. The molecule has 0 saturated heterocycles. The summed E-state index contributed by atoms with van der Waals surface area (Å²) in [6, 6.07) is 17.8. The van der Waals surface area contributed by atoms with Crippen LogP contribution in [-0.4, -0.2) is 0 Å². The van der Waals surface area contributed by atoms with Crippen LogP contribution in [0.5, 0.6) is 0 Å². The van der Waals surface area contributed by atoms with Gasteiger partial charge in [0.25, 0.3) is 0 Å². The molecule has 2 aromatic heterocycles. The maximum Gasteiger partial charge on any atom is 0.216 e. The summed E-state index contributed by atoms with van der Waals surface area (Å²) < 4.78 is 46.3. The van der Waals surface area contributed by atoms with E-state index in [1.54, 1.807) is 11.6 Å². The summed E-state index contributed by atoms with van der Waals surface area (Å²) in [5.74, 6) is -0.781. The van der Waals surface area contributed by atoms with Gasteiger partial charge in [-0.05, 0) is 72.0 Å². The Hall–Kier alpha value is -3.97. The predicted octanol–water partition coefficient (Wildman–Crippen LogP) is 7.50. The van der Waals surface area contributed by atoms with Crippen molar-refractivity contribution in [3.05, 3.63) is 88.4 Å². The van der Waals surface area contributed by atoms with E-state index in [9.17, 15) is 9.65 Å². The van der Waals surface area contributed by atoms with E-state index in [2.05, 4.69) is 38.1 Å². The fourth-order valence-electron chi connectivity index (χ4n) is 5.78. The first-order valence-corrected chi connectivity index (χ1v) is 12.1. The molecular formula is C32H28FN2O+. The standard InChI is InChI=1S/C32H28FN2O/c1-18-6-10-24-25-11-9-22(16-34)29(20-7-8-21-14-32(3,4)15-23(21)13-20)31(25)36-30(24)28(18)27-12-19(2)26(33)17-35(27)5/h6-13,17H,14-15H2,1-5H3/q+1/i2D3. The van der Waals surface area contributed by atoms with Crippen molar-refractivity contribution in [1.29, 1.82) is 5.26 Å². The first kappa shape index (κ1) is 19.2. The predicted molar refractivity (Wildman–Crippen MR) is 141 cm³/mol. The summed E-state index contributed by atoms with van der Waals surface area (Å²) in [7, 11) is 1.69. The second-order valence-electron chi connectivity index (χ2n) is 10.7. The van der Waals surface area contributed by atoms with Gasteiger partial charge in [-0.25, -0.2) is 4.39 Å². The number of hydrogen-bond acceptors (Lipinski definition) is 2. The molecule has 1 aliphatic rings. The molecule has 0 amide bonds. The van der Waals surface area contributed by atoms with Gasteiger partial charge in [-0.3, -0.25) is 0 Å². The minimum absolute atomic E-state index is 0.203. The van der Waals surface area contributed by atoms with E-state index in [4.69, 9.17) is 8.53 Å². The van der Waals surface area contributed by atoms with Gasteiger partial charge in [0.15, 0.2) is 5.82 Å². The Morgan fingerprint density at radius 3 is 2.44 bits per heavy atom. The Labute approximate surface area is 214 Å². The van der Waals surface area contributed by atoms with Crippen LogP contribution in [0.3, 0.4) is 0 Å². The zero-order valence-electron chi connectivity index (χ0n) is 23.8. The minimum Gasteiger partial charge on any atom is -0.454 e. The van der Waals surface area contributed by atoms with Gasteiger partial charge in [0, 0.05) is 26.5 Å². The van der Waals surface area contributed by atoms with Crippen LogP contribution < -0.4 is 4.57 Å². The van der Waals surface area contributed by atoms with E-state index in [1.807, 2.05) is 31.2 Å². The van der Waals surface area contributed by atoms with Gasteiger partial charge in [0.05, 0.1) is 17.2 Å². The highest BCUT2D eigenvalue weighted by Crippen LogP contribution is 2.44. The molecule has 0 unspecified atom stereocenters. The fraction of sp³-hybridized carbons (Fsp3) is 0.250. The number of nitrogens with zero attached hydrogens (tertiary/aromatic N) is 2. The highest BCUT2D eigenvalue weighted by atomic mass is 19.1. The Balaban J connectivity index is 1.65. The largest absolute Gasteiger partial charge is 0.454 e. The van der Waals surface area contributed by atoms with Gasteiger partial charge in [-0.1, -0.05) is 44.2 Å². The number of furan rings is 1. The maximum atomic E-state index is 14.7. The highest BCUT2D eigenvalue weighted by molar-refractivity contribution is 6.14. The Morgan fingerprint density at radius 2 is 1.69 bits per heavy atom.